The van der Waals surface area contributed by atoms with Gasteiger partial charge < -0.3 is 4.74 Å². The molecule has 94 valence electrons. The molecule has 1 aromatic carbocycles. The van der Waals surface area contributed by atoms with Crippen molar-refractivity contribution < 1.29 is 22.7 Å². The molecule has 0 heterocycles. The van der Waals surface area contributed by atoms with Gasteiger partial charge in [0, 0.05) is 4.43 Å². The fourth-order valence-corrected chi connectivity index (χ4v) is 1.82. The van der Waals surface area contributed by atoms with Crippen LogP contribution in [0.15, 0.2) is 30.3 Å². The fourth-order valence-electron chi connectivity index (χ4n) is 1.26. The van der Waals surface area contributed by atoms with Gasteiger partial charge in [0.1, 0.15) is 6.10 Å². The predicted molar refractivity (Wildman–Crippen MR) is 64.8 cm³/mol. The molecule has 0 radical (unpaired) electrons. The van der Waals surface area contributed by atoms with E-state index in [4.69, 9.17) is 0 Å². The second-order valence-corrected chi connectivity index (χ2v) is 4.36. The van der Waals surface area contributed by atoms with E-state index in [1.807, 2.05) is 22.6 Å². The van der Waals surface area contributed by atoms with Gasteiger partial charge in [-0.05, 0) is 12.0 Å². The first-order valence-corrected chi connectivity index (χ1v) is 6.36. The van der Waals surface area contributed by atoms with Gasteiger partial charge in [0.2, 0.25) is 0 Å². The SMILES string of the molecule is O=C(OC(CCI)c1ccccc1)C(F)(F)F. The van der Waals surface area contributed by atoms with Crippen LogP contribution in [0.5, 0.6) is 0 Å². The lowest BCUT2D eigenvalue weighted by atomic mass is 10.1. The van der Waals surface area contributed by atoms with Crippen LogP contribution in [0.3, 0.4) is 0 Å². The largest absolute Gasteiger partial charge is 0.490 e. The second kappa shape index (κ2) is 6.23. The first-order valence-electron chi connectivity index (χ1n) is 4.84. The molecule has 0 fully saturated rings. The maximum absolute atomic E-state index is 12.1. The van der Waals surface area contributed by atoms with E-state index in [1.54, 1.807) is 30.3 Å². The lowest BCUT2D eigenvalue weighted by molar-refractivity contribution is -0.205. The van der Waals surface area contributed by atoms with Gasteiger partial charge in [-0.25, -0.2) is 4.79 Å². The van der Waals surface area contributed by atoms with Crippen molar-refractivity contribution in [1.82, 2.24) is 0 Å². The molecule has 17 heavy (non-hydrogen) atoms. The molecule has 0 spiro atoms. The Morgan fingerprint density at radius 1 is 1.29 bits per heavy atom. The number of carbonyl (C=O) groups is 1. The number of rotatable bonds is 4. The van der Waals surface area contributed by atoms with Crippen molar-refractivity contribution in [3.8, 4) is 0 Å². The van der Waals surface area contributed by atoms with Crippen LogP contribution in [-0.2, 0) is 9.53 Å². The Balaban J connectivity index is 2.78. The average molecular weight is 358 g/mol. The first-order chi connectivity index (χ1) is 7.95. The smallest absolute Gasteiger partial charge is 0.451 e. The summed E-state index contributed by atoms with van der Waals surface area (Å²) < 4.78 is 41.3. The summed E-state index contributed by atoms with van der Waals surface area (Å²) in [7, 11) is 0. The molecule has 0 saturated heterocycles. The van der Waals surface area contributed by atoms with Gasteiger partial charge in [0.05, 0.1) is 0 Å². The Hall–Kier alpha value is -0.790. The average Bonchev–Trinajstić information content (AvgIpc) is 2.28. The molecule has 0 aliphatic rings. The van der Waals surface area contributed by atoms with E-state index in [0.29, 0.717) is 16.4 Å². The molecule has 0 aromatic heterocycles. The molecule has 0 N–H and O–H groups in total. The highest BCUT2D eigenvalue weighted by Crippen LogP contribution is 2.26. The summed E-state index contributed by atoms with van der Waals surface area (Å²) in [6.07, 6.45) is -5.44. The quantitative estimate of drug-likeness (QED) is 0.467. The maximum atomic E-state index is 12.1. The lowest BCUT2D eigenvalue weighted by Gasteiger charge is -2.18. The van der Waals surface area contributed by atoms with E-state index in [-0.39, 0.29) is 0 Å². The number of alkyl halides is 4. The van der Waals surface area contributed by atoms with Gasteiger partial charge >= 0.3 is 12.1 Å². The van der Waals surface area contributed by atoms with E-state index in [1.165, 1.54) is 0 Å². The molecule has 2 nitrogen and oxygen atoms in total. The fraction of sp³-hybridized carbons (Fsp3) is 0.364. The first kappa shape index (κ1) is 14.3. The van der Waals surface area contributed by atoms with Crippen LogP contribution < -0.4 is 0 Å². The highest BCUT2D eigenvalue weighted by atomic mass is 127. The third-order valence-electron chi connectivity index (χ3n) is 2.02. The lowest BCUT2D eigenvalue weighted by Crippen LogP contribution is -2.27. The van der Waals surface area contributed by atoms with E-state index < -0.39 is 18.2 Å². The van der Waals surface area contributed by atoms with Crippen molar-refractivity contribution >= 4 is 28.6 Å². The molecular weight excluding hydrogens is 348 g/mol. The van der Waals surface area contributed by atoms with Crippen molar-refractivity contribution in [3.05, 3.63) is 35.9 Å². The number of carbonyl (C=O) groups excluding carboxylic acids is 1. The van der Waals surface area contributed by atoms with Crippen molar-refractivity contribution in [2.75, 3.05) is 4.43 Å². The van der Waals surface area contributed by atoms with Crippen molar-refractivity contribution in [3.63, 3.8) is 0 Å². The highest BCUT2D eigenvalue weighted by molar-refractivity contribution is 14.1. The minimum Gasteiger partial charge on any atom is -0.451 e. The Kier molecular flexibility index (Phi) is 5.23. The number of esters is 1. The molecule has 1 unspecified atom stereocenters. The van der Waals surface area contributed by atoms with Gasteiger partial charge in [-0.15, -0.1) is 0 Å². The topological polar surface area (TPSA) is 26.3 Å². The van der Waals surface area contributed by atoms with Crippen molar-refractivity contribution in [1.29, 1.82) is 0 Å². The van der Waals surface area contributed by atoms with E-state index in [0.717, 1.165) is 0 Å². The molecule has 0 aliphatic heterocycles. The highest BCUT2D eigenvalue weighted by Gasteiger charge is 2.42. The number of hydrogen-bond acceptors (Lipinski definition) is 2. The summed E-state index contributed by atoms with van der Waals surface area (Å²) in [4.78, 5) is 10.8. The van der Waals surface area contributed by atoms with E-state index >= 15 is 0 Å². The molecule has 0 bridgehead atoms. The Bertz CT molecular complexity index is 365. The third-order valence-corrected chi connectivity index (χ3v) is 2.65. The van der Waals surface area contributed by atoms with Crippen molar-refractivity contribution in [2.24, 2.45) is 0 Å². The van der Waals surface area contributed by atoms with Crippen LogP contribution in [0, 0.1) is 0 Å². The Labute approximate surface area is 110 Å². The standard InChI is InChI=1S/C11H10F3IO2/c12-11(13,14)10(16)17-9(6-7-15)8-4-2-1-3-5-8/h1-5,9H,6-7H2. The third kappa shape index (κ3) is 4.53. The van der Waals surface area contributed by atoms with Crippen molar-refractivity contribution in [2.45, 2.75) is 18.7 Å². The van der Waals surface area contributed by atoms with Gasteiger partial charge in [0.25, 0.3) is 0 Å². The molecule has 0 amide bonds. The molecule has 0 aliphatic carbocycles. The zero-order valence-corrected chi connectivity index (χ0v) is 10.9. The molecule has 1 aromatic rings. The maximum Gasteiger partial charge on any atom is 0.490 e. The molecule has 1 rings (SSSR count). The molecule has 6 heteroatoms. The van der Waals surface area contributed by atoms with Gasteiger partial charge in [0.15, 0.2) is 0 Å². The number of hydrogen-bond donors (Lipinski definition) is 0. The van der Waals surface area contributed by atoms with E-state index in [2.05, 4.69) is 4.74 Å². The zero-order chi connectivity index (χ0) is 12.9. The zero-order valence-electron chi connectivity index (χ0n) is 8.71. The van der Waals surface area contributed by atoms with Gasteiger partial charge in [-0.3, -0.25) is 0 Å². The minimum atomic E-state index is -4.95. The van der Waals surface area contributed by atoms with Gasteiger partial charge in [-0.1, -0.05) is 52.9 Å². The van der Waals surface area contributed by atoms with E-state index in [9.17, 15) is 18.0 Å². The summed E-state index contributed by atoms with van der Waals surface area (Å²) in [5.41, 5.74) is 0.571. The van der Waals surface area contributed by atoms with Crippen LogP contribution in [0.2, 0.25) is 0 Å². The normalized spacial score (nSPS) is 13.2. The minimum absolute atomic E-state index is 0.354. The molecule has 0 saturated carbocycles. The van der Waals surface area contributed by atoms with Crippen LogP contribution in [0.25, 0.3) is 0 Å². The van der Waals surface area contributed by atoms with Crippen LogP contribution in [-0.4, -0.2) is 16.6 Å². The summed E-state index contributed by atoms with van der Waals surface area (Å²) in [6, 6.07) is 8.41. The molecular formula is C11H10F3IO2. The van der Waals surface area contributed by atoms with Crippen LogP contribution in [0.4, 0.5) is 13.2 Å². The van der Waals surface area contributed by atoms with Crippen LogP contribution in [0.1, 0.15) is 18.1 Å². The predicted octanol–water partition coefficient (Wildman–Crippen LogP) is 3.66. The van der Waals surface area contributed by atoms with Gasteiger partial charge in [-0.2, -0.15) is 13.2 Å². The Morgan fingerprint density at radius 3 is 2.35 bits per heavy atom. The summed E-state index contributed by atoms with van der Waals surface area (Å²) in [5.74, 6) is -2.14. The summed E-state index contributed by atoms with van der Waals surface area (Å²) in [5, 5.41) is 0. The summed E-state index contributed by atoms with van der Waals surface area (Å²) >= 11 is 2.02. The Morgan fingerprint density at radius 2 is 1.88 bits per heavy atom. The monoisotopic (exact) mass is 358 g/mol. The second-order valence-electron chi connectivity index (χ2n) is 3.28. The molecule has 1 atom stereocenters. The summed E-state index contributed by atoms with van der Waals surface area (Å²) in [6.45, 7) is 0. The number of ether oxygens (including phenoxy) is 1. The van der Waals surface area contributed by atoms with Crippen LogP contribution >= 0.6 is 22.6 Å². The number of halogens is 4. The number of benzene rings is 1.